The van der Waals surface area contributed by atoms with E-state index in [9.17, 15) is 28.8 Å². The number of ether oxygens (including phenoxy) is 2. The lowest BCUT2D eigenvalue weighted by molar-refractivity contribution is -0.115. The Morgan fingerprint density at radius 1 is 0.545 bits per heavy atom. The molecular formula is C94H112Cl2N12O9S4. The second-order valence-corrected chi connectivity index (χ2v) is 36.4. The second kappa shape index (κ2) is 42.3. The third-order valence-corrected chi connectivity index (χ3v) is 26.2. The average Bonchev–Trinajstić information content (AvgIpc) is 1.64. The molecule has 1 unspecified atom stereocenters. The summed E-state index contributed by atoms with van der Waals surface area (Å²) in [5, 5.41) is 28.9. The number of alkyl halides is 1. The third kappa shape index (κ3) is 23.9. The highest BCUT2D eigenvalue weighted by Gasteiger charge is 2.32. The van der Waals surface area contributed by atoms with Crippen LogP contribution in [0.3, 0.4) is 0 Å². The minimum absolute atomic E-state index is 0. The van der Waals surface area contributed by atoms with E-state index >= 15 is 0 Å². The number of halogens is 2. The van der Waals surface area contributed by atoms with Crippen LogP contribution in [0.4, 0.5) is 27.5 Å². The zero-order valence-corrected chi connectivity index (χ0v) is 75.7. The van der Waals surface area contributed by atoms with Gasteiger partial charge in [0, 0.05) is 150 Å². The Morgan fingerprint density at radius 2 is 0.950 bits per heavy atom. The first-order chi connectivity index (χ1) is 57.7. The molecule has 0 spiro atoms. The van der Waals surface area contributed by atoms with Gasteiger partial charge in [0.2, 0.25) is 11.8 Å². The molecule has 6 aromatic heterocycles. The van der Waals surface area contributed by atoms with E-state index < -0.39 is 5.60 Å². The van der Waals surface area contributed by atoms with Gasteiger partial charge in [0.05, 0.1) is 74.1 Å². The Hall–Kier alpha value is -9.86. The minimum Gasteiger partial charge on any atom is -0.482 e. The van der Waals surface area contributed by atoms with Crippen molar-refractivity contribution >= 4 is 157 Å². The molecule has 11 heterocycles. The van der Waals surface area contributed by atoms with Crippen molar-refractivity contribution in [2.24, 2.45) is 11.7 Å². The van der Waals surface area contributed by atoms with Crippen molar-refractivity contribution < 1.29 is 43.3 Å². The Kier molecular flexibility index (Phi) is 32.1. The molecule has 10 N–H and O–H groups in total. The van der Waals surface area contributed by atoms with E-state index in [4.69, 9.17) is 59.1 Å². The number of thiazole rings is 3. The Bertz CT molecular complexity index is 5250. The van der Waals surface area contributed by atoms with Crippen molar-refractivity contribution in [3.05, 3.63) is 195 Å². The second-order valence-electron chi connectivity index (χ2n) is 32.9. The molecule has 4 aromatic carbocycles. The Morgan fingerprint density at radius 3 is 1.33 bits per heavy atom. The number of aromatic amines is 3. The van der Waals surface area contributed by atoms with Crippen LogP contribution in [0.25, 0.3) is 57.1 Å². The SMILES string of the molecule is CC(C)(C)OC(=O)N1CCCC(C(N)=S)C1.CO.COc1[nH]c(C)cc1C.Cc1cc(C)c(/C=C2\C(=O)Nc3ccc(-c4csc(C5CCCCC5)n4)cc32)[nH]1.Cc1cc(C)c(/C=C2\C(=O)Nc3ccc(-c4csc(C5CCCCC5)n4)cc32)[nH]1.Cl.O=C1Cc2cc(-c3csc(C4CCCCC4)n3)ccc2N1.O=C1Cc2cc(C(=O)CCl)ccc2N1. The van der Waals surface area contributed by atoms with Crippen LogP contribution in [0.5, 0.6) is 5.88 Å². The van der Waals surface area contributed by atoms with Crippen LogP contribution in [0.2, 0.25) is 0 Å². The standard InChI is InChI=1S/2C24H25N3OS.C17H18N2OS.C11H20N2O2S.C10H8ClNO2.C7H11NO.CH4O.ClH/c2*1-14-10-15(2)25-21(14)12-19-18-11-17(8-9-20(18)26-23(19)28)22-13-29-24(27-22)16-6-4-3-5-7-16;20-16-9-13-8-12(6-7-14(13)18-16)15-10-21-17(19-15)11-4-2-1-3-5-11;1-11(2,3)15-10(14)13-6-4-5-8(7-13)9(12)16;11-5-9(13)6-1-2-8-7(3-6)4-10(14)12-8;1-5-4-6(2)8-7(5)9-3;1-2;/h2*8-13,16,25H,3-7H2,1-2H3,(H,26,28);6-8,10-11H,1-5,9H2,(H,18,20);8H,4-7H2,1-3H3,(H2,12,16);1-3H,4-5H2,(H,12,14);4,8H,1-3H3;2H,1H3;1H/b2*19-12-;;;;;;. The van der Waals surface area contributed by atoms with Crippen molar-refractivity contribution in [2.75, 3.05) is 54.5 Å². The van der Waals surface area contributed by atoms with Gasteiger partial charge >= 0.3 is 6.09 Å². The van der Waals surface area contributed by atoms with Gasteiger partial charge in [-0.05, 0) is 221 Å². The number of likely N-dealkylation sites (tertiary alicyclic amines) is 1. The summed E-state index contributed by atoms with van der Waals surface area (Å²) < 4.78 is 10.3. The number of aryl methyl sites for hydroxylation is 6. The van der Waals surface area contributed by atoms with E-state index in [-0.39, 0.29) is 59.7 Å². The van der Waals surface area contributed by atoms with Gasteiger partial charge < -0.3 is 61.4 Å². The number of amides is 5. The number of aliphatic hydroxyl groups excluding tert-OH is 1. The number of anilines is 4. The maximum Gasteiger partial charge on any atom is 0.410 e. The fourth-order valence-corrected chi connectivity index (χ4v) is 19.8. The summed E-state index contributed by atoms with van der Waals surface area (Å²) in [6.07, 6.45) is 26.0. The predicted molar refractivity (Wildman–Crippen MR) is 499 cm³/mol. The zero-order valence-electron chi connectivity index (χ0n) is 70.9. The number of Topliss-reactive ketones (excluding diaryl/α,β-unsaturated/α-hetero) is 1. The number of aromatic nitrogens is 6. The van der Waals surface area contributed by atoms with Crippen LogP contribution in [0.1, 0.15) is 240 Å². The predicted octanol–water partition coefficient (Wildman–Crippen LogP) is 22.1. The van der Waals surface area contributed by atoms with E-state index in [0.29, 0.717) is 58.8 Å². The van der Waals surface area contributed by atoms with Crippen molar-refractivity contribution in [1.82, 2.24) is 34.8 Å². The van der Waals surface area contributed by atoms with Gasteiger partial charge in [0.15, 0.2) is 11.7 Å². The monoisotopic (exact) mass is 1750 g/mol. The van der Waals surface area contributed by atoms with Crippen LogP contribution in [-0.4, -0.2) is 119 Å². The Labute approximate surface area is 738 Å². The van der Waals surface area contributed by atoms with Crippen molar-refractivity contribution in [3.63, 3.8) is 0 Å². The third-order valence-electron chi connectivity index (χ3n) is 22.6. The highest BCUT2D eigenvalue weighted by molar-refractivity contribution is 7.80. The number of hydrogen-bond acceptors (Lipinski definition) is 16. The van der Waals surface area contributed by atoms with Crippen molar-refractivity contribution in [2.45, 2.75) is 208 Å². The number of rotatable bonds is 12. The lowest BCUT2D eigenvalue weighted by atomic mass is 9.90. The van der Waals surface area contributed by atoms with E-state index in [1.165, 1.54) is 111 Å². The number of piperidine rings is 1. The smallest absolute Gasteiger partial charge is 0.410 e. The normalized spacial score (nSPS) is 17.2. The molecule has 21 nitrogen and oxygen atoms in total. The van der Waals surface area contributed by atoms with Crippen molar-refractivity contribution in [3.8, 4) is 39.7 Å². The molecule has 3 saturated carbocycles. The number of fused-ring (bicyclic) bond motifs is 4. The number of nitrogens with two attached hydrogens (primary N) is 1. The number of nitrogens with one attached hydrogen (secondary N) is 7. The van der Waals surface area contributed by atoms with Crippen LogP contribution < -0.4 is 31.7 Å². The summed E-state index contributed by atoms with van der Waals surface area (Å²) in [6, 6.07) is 29.9. The van der Waals surface area contributed by atoms with E-state index in [0.717, 1.165) is 156 Å². The van der Waals surface area contributed by atoms with Crippen LogP contribution in [0, 0.1) is 47.5 Å². The minimum atomic E-state index is -0.451. The molecule has 0 radical (unpaired) electrons. The molecular weight excluding hydrogens is 1640 g/mol. The molecule has 8 aliphatic rings. The van der Waals surface area contributed by atoms with Gasteiger partial charge in [0.1, 0.15) is 5.60 Å². The first-order valence-electron chi connectivity index (χ1n) is 41.6. The van der Waals surface area contributed by atoms with Crippen LogP contribution in [0.15, 0.2) is 107 Å². The van der Waals surface area contributed by atoms with Crippen LogP contribution >= 0.6 is 70.2 Å². The topological polar surface area (TPSA) is 305 Å². The van der Waals surface area contributed by atoms with Gasteiger partial charge in [-0.1, -0.05) is 88.2 Å². The number of nitrogens with zero attached hydrogens (tertiary/aromatic N) is 4. The molecule has 1 atom stereocenters. The average molecular weight is 1750 g/mol. The number of methoxy groups -OCH3 is 1. The highest BCUT2D eigenvalue weighted by atomic mass is 35.5. The van der Waals surface area contributed by atoms with Gasteiger partial charge in [0.25, 0.3) is 11.8 Å². The number of hydrogen-bond donors (Lipinski definition) is 9. The number of carbonyl (C=O) groups is 6. The number of thiocarbonyl (C=S) groups is 1. The summed E-state index contributed by atoms with van der Waals surface area (Å²) >= 11 is 15.7. The molecule has 10 aromatic rings. The fraction of sp³-hybridized carbons (Fsp3) is 0.404. The molecule has 27 heteroatoms. The van der Waals surface area contributed by atoms with E-state index in [1.54, 1.807) is 64.2 Å². The van der Waals surface area contributed by atoms with Gasteiger partial charge in [-0.15, -0.1) is 58.0 Å². The maximum atomic E-state index is 12.6. The number of H-pyrrole nitrogens is 3. The molecule has 3 aliphatic carbocycles. The molecule has 0 bridgehead atoms. The molecule has 121 heavy (non-hydrogen) atoms. The van der Waals surface area contributed by atoms with Crippen LogP contribution in [-0.2, 0) is 36.8 Å². The largest absolute Gasteiger partial charge is 0.482 e. The lowest BCUT2D eigenvalue weighted by Crippen LogP contribution is -2.45. The fourth-order valence-electron chi connectivity index (χ4n) is 16.4. The molecule has 4 fully saturated rings. The highest BCUT2D eigenvalue weighted by Crippen LogP contribution is 2.44. The molecule has 640 valence electrons. The van der Waals surface area contributed by atoms with Gasteiger partial charge in [-0.3, -0.25) is 24.0 Å². The van der Waals surface area contributed by atoms with E-state index in [1.807, 2.05) is 78.8 Å². The van der Waals surface area contributed by atoms with E-state index in [2.05, 4.69) is 121 Å². The molecule has 1 saturated heterocycles. The molecule has 5 aliphatic heterocycles. The zero-order chi connectivity index (χ0) is 85.5. The molecule has 5 amide bonds. The Balaban J connectivity index is 0.000000146. The van der Waals surface area contributed by atoms with Crippen molar-refractivity contribution in [1.29, 1.82) is 0 Å². The number of benzene rings is 4. The lowest BCUT2D eigenvalue weighted by Gasteiger charge is -2.33. The first kappa shape index (κ1) is 91.9. The number of carbonyl (C=O) groups excluding carboxylic acids is 6. The summed E-state index contributed by atoms with van der Waals surface area (Å²) in [4.78, 5) is 97.5. The van der Waals surface area contributed by atoms with Gasteiger partial charge in [-0.2, -0.15) is 0 Å². The number of ketones is 1. The first-order valence-corrected chi connectivity index (χ1v) is 45.2. The maximum absolute atomic E-state index is 12.6. The quantitative estimate of drug-likeness (QED) is 0.0238. The summed E-state index contributed by atoms with van der Waals surface area (Å²) in [6.45, 7) is 19.1. The summed E-state index contributed by atoms with van der Waals surface area (Å²) in [7, 11) is 2.66. The molecule has 18 rings (SSSR count). The number of aliphatic hydroxyl groups is 1. The summed E-state index contributed by atoms with van der Waals surface area (Å²) in [5.74, 6) is 2.71. The summed E-state index contributed by atoms with van der Waals surface area (Å²) in [5.41, 5.74) is 29.6. The van der Waals surface area contributed by atoms with Gasteiger partial charge in [-0.25, -0.2) is 19.7 Å².